The second-order valence-corrected chi connectivity index (χ2v) is 6.59. The highest BCUT2D eigenvalue weighted by Crippen LogP contribution is 2.48. The molecular weight excluding hydrogens is 507 g/mol. The Morgan fingerprint density at radius 1 is 0.759 bits per heavy atom. The van der Waals surface area contributed by atoms with Gasteiger partial charge in [-0.25, -0.2) is 4.42 Å². The van der Waals surface area contributed by atoms with Gasteiger partial charge in [-0.1, -0.05) is 0 Å². The van der Waals surface area contributed by atoms with E-state index in [4.69, 9.17) is 28.1 Å². The molecule has 0 spiro atoms. The highest BCUT2D eigenvalue weighted by Gasteiger charge is 2.31. The largest absolute Gasteiger partial charge is 1.00 e. The molecule has 0 amide bonds. The number of ether oxygens (including phenoxy) is 5. The molecule has 0 N–H and O–H groups in total. The monoisotopic (exact) mass is 530 g/mol. The van der Waals surface area contributed by atoms with Crippen molar-refractivity contribution in [2.45, 2.75) is 4.90 Å². The number of rotatable bonds is 7. The molecule has 1 aromatic heterocycles. The molecule has 3 aromatic rings. The number of benzene rings is 2. The molecule has 3 rings (SSSR count). The molecule has 0 radical (unpaired) electrons. The molecule has 0 atom stereocenters. The van der Waals surface area contributed by atoms with Crippen molar-refractivity contribution in [2.75, 3.05) is 41.8 Å². The highest BCUT2D eigenvalue weighted by atomic mass is 127. The van der Waals surface area contributed by atoms with E-state index in [1.807, 2.05) is 36.6 Å². The van der Waals surface area contributed by atoms with Crippen molar-refractivity contribution in [3.05, 3.63) is 30.3 Å². The first-order valence-electron chi connectivity index (χ1n) is 8.48. The fourth-order valence-electron chi connectivity index (χ4n) is 3.07. The third-order valence-corrected chi connectivity index (χ3v) is 5.20. The van der Waals surface area contributed by atoms with Crippen LogP contribution < -0.4 is 47.7 Å². The normalized spacial score (nSPS) is 10.3. The third kappa shape index (κ3) is 4.28. The molecule has 6 nitrogen and oxygen atoms in total. The Balaban J connectivity index is 0.00000300. The molecule has 0 saturated heterocycles. The standard InChI is InChI=1S/C21H23O6S.HI/c1-22-13-10-16(25-4)18-17(11-13)27-19(20(26-5)21(18)28-6)12-7-8-14(23-2)15(9-12)24-3;/h7-11H,1-6H3;1H/q+1;/p-1. The van der Waals surface area contributed by atoms with E-state index in [1.165, 1.54) is 0 Å². The second kappa shape index (κ2) is 10.1. The zero-order valence-corrected chi connectivity index (χ0v) is 20.1. The predicted octanol–water partition coefficient (Wildman–Crippen LogP) is 2.15. The van der Waals surface area contributed by atoms with E-state index < -0.39 is 0 Å². The summed E-state index contributed by atoms with van der Waals surface area (Å²) < 4.78 is 33.8. The van der Waals surface area contributed by atoms with Crippen LogP contribution in [0.15, 0.2) is 39.6 Å². The molecule has 0 aliphatic heterocycles. The van der Waals surface area contributed by atoms with Gasteiger partial charge in [0.25, 0.3) is 0 Å². The van der Waals surface area contributed by atoms with E-state index in [1.54, 1.807) is 47.3 Å². The van der Waals surface area contributed by atoms with E-state index in [-0.39, 0.29) is 24.0 Å². The van der Waals surface area contributed by atoms with Crippen LogP contribution in [0.5, 0.6) is 28.7 Å². The quantitative estimate of drug-likeness (QED) is 0.264. The first kappa shape index (κ1) is 23.2. The summed E-state index contributed by atoms with van der Waals surface area (Å²) in [4.78, 5) is 0.910. The van der Waals surface area contributed by atoms with E-state index in [0.717, 1.165) is 15.8 Å². The average molecular weight is 530 g/mol. The van der Waals surface area contributed by atoms with E-state index >= 15 is 0 Å². The molecule has 156 valence electrons. The lowest BCUT2D eigenvalue weighted by atomic mass is 10.1. The maximum atomic E-state index is 6.28. The first-order chi connectivity index (χ1) is 13.6. The van der Waals surface area contributed by atoms with Crippen LogP contribution in [0.4, 0.5) is 0 Å². The van der Waals surface area contributed by atoms with Crippen LogP contribution in [0.3, 0.4) is 0 Å². The van der Waals surface area contributed by atoms with Crippen molar-refractivity contribution in [3.63, 3.8) is 0 Å². The van der Waals surface area contributed by atoms with Crippen LogP contribution in [0.25, 0.3) is 22.3 Å². The molecule has 8 heteroatoms. The summed E-state index contributed by atoms with van der Waals surface area (Å²) in [6.45, 7) is 0. The maximum Gasteiger partial charge on any atom is 0.403 e. The number of thioether (sulfide) groups is 1. The van der Waals surface area contributed by atoms with Crippen molar-refractivity contribution < 1.29 is 52.1 Å². The summed E-state index contributed by atoms with van der Waals surface area (Å²) in [6.07, 6.45) is 1.99. The van der Waals surface area contributed by atoms with Gasteiger partial charge in [-0.05, 0) is 18.4 Å². The number of fused-ring (bicyclic) bond motifs is 1. The Morgan fingerprint density at radius 2 is 1.45 bits per heavy atom. The Morgan fingerprint density at radius 3 is 2.00 bits per heavy atom. The fourth-order valence-corrected chi connectivity index (χ4v) is 3.84. The van der Waals surface area contributed by atoms with Gasteiger partial charge >= 0.3 is 11.3 Å². The third-order valence-electron chi connectivity index (χ3n) is 4.40. The fraction of sp³-hybridized carbons (Fsp3) is 0.286. The van der Waals surface area contributed by atoms with Gasteiger partial charge in [0.2, 0.25) is 5.75 Å². The smallest absolute Gasteiger partial charge is 0.403 e. The molecule has 0 saturated carbocycles. The Hall–Kier alpha value is -2.07. The van der Waals surface area contributed by atoms with Crippen LogP contribution in [0, 0.1) is 0 Å². The summed E-state index contributed by atoms with van der Waals surface area (Å²) in [5.41, 5.74) is 1.43. The van der Waals surface area contributed by atoms with Crippen LogP contribution in [0.1, 0.15) is 0 Å². The van der Waals surface area contributed by atoms with Crippen LogP contribution >= 0.6 is 11.8 Å². The van der Waals surface area contributed by atoms with Crippen molar-refractivity contribution in [3.8, 4) is 40.1 Å². The van der Waals surface area contributed by atoms with Gasteiger partial charge in [0.15, 0.2) is 11.5 Å². The van der Waals surface area contributed by atoms with Crippen molar-refractivity contribution >= 4 is 22.7 Å². The Bertz CT molecular complexity index is 1010. The number of hydrogen-bond donors (Lipinski definition) is 0. The van der Waals surface area contributed by atoms with Crippen LogP contribution in [0.2, 0.25) is 0 Å². The van der Waals surface area contributed by atoms with Gasteiger partial charge in [-0.2, -0.15) is 0 Å². The molecule has 1 heterocycles. The van der Waals surface area contributed by atoms with Gasteiger partial charge in [-0.3, -0.25) is 0 Å². The predicted molar refractivity (Wildman–Crippen MR) is 111 cm³/mol. The lowest BCUT2D eigenvalue weighted by molar-refractivity contribution is -0.00000756. The summed E-state index contributed by atoms with van der Waals surface area (Å²) in [7, 11) is 8.04. The second-order valence-electron chi connectivity index (χ2n) is 5.77. The topological polar surface area (TPSA) is 57.5 Å². The van der Waals surface area contributed by atoms with Crippen LogP contribution in [-0.4, -0.2) is 41.8 Å². The minimum atomic E-state index is 0. The molecule has 0 unspecified atom stereocenters. The number of hydrogen-bond acceptors (Lipinski definition) is 6. The Labute approximate surface area is 191 Å². The average Bonchev–Trinajstić information content (AvgIpc) is 2.75. The molecule has 0 aliphatic rings. The SMILES string of the molecule is COc1cc(OC)c2c(SC)c(OC)c(-c3ccc(OC)c(OC)c3)[o+]c2c1.[I-]. The molecular formula is C21H23IO6S. The molecule has 0 fully saturated rings. The zero-order valence-electron chi connectivity index (χ0n) is 17.1. The highest BCUT2D eigenvalue weighted by molar-refractivity contribution is 7.99. The van der Waals surface area contributed by atoms with Crippen molar-refractivity contribution in [1.29, 1.82) is 0 Å². The molecule has 0 bridgehead atoms. The van der Waals surface area contributed by atoms with Gasteiger partial charge in [0.05, 0.1) is 52.1 Å². The number of halogens is 1. The minimum absolute atomic E-state index is 0. The first-order valence-corrected chi connectivity index (χ1v) is 9.70. The lowest BCUT2D eigenvalue weighted by Gasteiger charge is -2.12. The van der Waals surface area contributed by atoms with Crippen molar-refractivity contribution in [1.82, 2.24) is 0 Å². The zero-order chi connectivity index (χ0) is 20.3. The van der Waals surface area contributed by atoms with Gasteiger partial charge in [0.1, 0.15) is 16.9 Å². The van der Waals surface area contributed by atoms with Crippen molar-refractivity contribution in [2.24, 2.45) is 0 Å². The number of methoxy groups -OCH3 is 5. The van der Waals surface area contributed by atoms with Gasteiger partial charge in [-0.15, -0.1) is 11.8 Å². The molecule has 2 aromatic carbocycles. The van der Waals surface area contributed by atoms with E-state index in [9.17, 15) is 0 Å². The summed E-state index contributed by atoms with van der Waals surface area (Å²) >= 11 is 1.56. The summed E-state index contributed by atoms with van der Waals surface area (Å²) in [6, 6.07) is 9.25. The maximum absolute atomic E-state index is 6.28. The Kier molecular flexibility index (Phi) is 8.09. The van der Waals surface area contributed by atoms with Gasteiger partial charge < -0.3 is 47.7 Å². The van der Waals surface area contributed by atoms with Crippen LogP contribution in [-0.2, 0) is 0 Å². The van der Waals surface area contributed by atoms with Gasteiger partial charge in [0, 0.05) is 12.1 Å². The van der Waals surface area contributed by atoms with E-state index in [0.29, 0.717) is 40.1 Å². The molecule has 0 aliphatic carbocycles. The van der Waals surface area contributed by atoms with E-state index in [2.05, 4.69) is 0 Å². The molecule has 29 heavy (non-hydrogen) atoms. The summed E-state index contributed by atoms with van der Waals surface area (Å²) in [5.74, 6) is 3.74. The lowest BCUT2D eigenvalue weighted by Crippen LogP contribution is -3.00. The minimum Gasteiger partial charge on any atom is -1.00 e. The summed E-state index contributed by atoms with van der Waals surface area (Å²) in [5, 5.41) is 0.830.